The van der Waals surface area contributed by atoms with Gasteiger partial charge < -0.3 is 14.8 Å². The Labute approximate surface area is 208 Å². The number of rotatable bonds is 7. The zero-order valence-corrected chi connectivity index (χ0v) is 20.2. The summed E-state index contributed by atoms with van der Waals surface area (Å²) in [4.78, 5) is 47.1. The maximum absolute atomic E-state index is 13.6. The molecule has 0 spiro atoms. The van der Waals surface area contributed by atoms with E-state index in [9.17, 15) is 14.4 Å². The number of aromatic nitrogens is 2. The lowest BCUT2D eigenvalue weighted by molar-refractivity contribution is 0.0525. The van der Waals surface area contributed by atoms with Crippen LogP contribution in [0.25, 0.3) is 22.2 Å². The largest absolute Gasteiger partial charge is 0.462 e. The predicted molar refractivity (Wildman–Crippen MR) is 136 cm³/mol. The molecule has 8 heteroatoms. The number of carbonyl (C=O) groups excluding carboxylic acids is 3. The summed E-state index contributed by atoms with van der Waals surface area (Å²) < 4.78 is 10.2. The molecule has 0 aliphatic carbocycles. The molecule has 8 nitrogen and oxygen atoms in total. The number of carbonyl (C=O) groups is 3. The second kappa shape index (κ2) is 10.8. The lowest BCUT2D eigenvalue weighted by Crippen LogP contribution is -2.16. The monoisotopic (exact) mass is 483 g/mol. The van der Waals surface area contributed by atoms with Crippen molar-refractivity contribution in [2.24, 2.45) is 0 Å². The summed E-state index contributed by atoms with van der Waals surface area (Å²) in [7, 11) is 0. The molecule has 0 atom stereocenters. The summed E-state index contributed by atoms with van der Waals surface area (Å²) in [6, 6.07) is 15.4. The van der Waals surface area contributed by atoms with Gasteiger partial charge >= 0.3 is 11.9 Å². The van der Waals surface area contributed by atoms with Gasteiger partial charge in [-0.1, -0.05) is 11.6 Å². The number of benzene rings is 2. The van der Waals surface area contributed by atoms with Crippen molar-refractivity contribution in [1.82, 2.24) is 9.97 Å². The number of nitrogens with one attached hydrogen (secondary N) is 1. The lowest BCUT2D eigenvalue weighted by Gasteiger charge is -2.13. The van der Waals surface area contributed by atoms with Crippen molar-refractivity contribution < 1.29 is 23.9 Å². The molecule has 0 fully saturated rings. The number of esters is 2. The summed E-state index contributed by atoms with van der Waals surface area (Å²) in [5.74, 6) is -1.63. The van der Waals surface area contributed by atoms with Crippen LogP contribution in [0.3, 0.4) is 0 Å². The fourth-order valence-electron chi connectivity index (χ4n) is 3.76. The minimum absolute atomic E-state index is 0.130. The number of aryl methyl sites for hydroxylation is 1. The summed E-state index contributed by atoms with van der Waals surface area (Å²) >= 11 is 0. The molecule has 36 heavy (non-hydrogen) atoms. The van der Waals surface area contributed by atoms with E-state index in [1.165, 1.54) is 18.2 Å². The molecule has 0 bridgehead atoms. The number of pyridine rings is 2. The van der Waals surface area contributed by atoms with Gasteiger partial charge in [0.2, 0.25) is 0 Å². The molecule has 0 radical (unpaired) electrons. The quantitative estimate of drug-likeness (QED) is 0.360. The highest BCUT2D eigenvalue weighted by Crippen LogP contribution is 2.27. The van der Waals surface area contributed by atoms with Gasteiger partial charge in [0, 0.05) is 29.0 Å². The van der Waals surface area contributed by atoms with E-state index in [2.05, 4.69) is 10.3 Å². The lowest BCUT2D eigenvalue weighted by atomic mass is 10.0. The number of hydrogen-bond acceptors (Lipinski definition) is 7. The molecule has 2 aromatic heterocycles. The van der Waals surface area contributed by atoms with Crippen LogP contribution in [0, 0.1) is 6.92 Å². The Morgan fingerprint density at radius 1 is 0.833 bits per heavy atom. The minimum Gasteiger partial charge on any atom is -0.462 e. The molecular weight excluding hydrogens is 458 g/mol. The fourth-order valence-corrected chi connectivity index (χ4v) is 3.76. The maximum atomic E-state index is 13.6. The number of amides is 1. The number of ether oxygens (including phenoxy) is 2. The van der Waals surface area contributed by atoms with Gasteiger partial charge in [-0.3, -0.25) is 9.78 Å². The Bertz CT molecular complexity index is 1410. The number of fused-ring (bicyclic) bond motifs is 1. The standard InChI is InChI=1S/C28H25N3O5/c1-4-35-27(33)19-13-20(28(34)36-5-2)15-21(14-19)30-26(32)23-16-25(18-8-10-29-11-9-18)31-24-7-6-17(3)12-22(23)24/h6-16H,4-5H2,1-3H3,(H,30,32). The fraction of sp³-hybridized carbons (Fsp3) is 0.179. The van der Waals surface area contributed by atoms with E-state index in [4.69, 9.17) is 14.5 Å². The van der Waals surface area contributed by atoms with E-state index in [1.807, 2.05) is 37.3 Å². The van der Waals surface area contributed by atoms with Crippen LogP contribution < -0.4 is 5.32 Å². The van der Waals surface area contributed by atoms with Crippen LogP contribution in [0.4, 0.5) is 5.69 Å². The Hall–Kier alpha value is -4.59. The zero-order valence-electron chi connectivity index (χ0n) is 20.2. The molecule has 2 aromatic carbocycles. The first-order valence-electron chi connectivity index (χ1n) is 11.5. The van der Waals surface area contributed by atoms with Gasteiger partial charge in [0.15, 0.2) is 0 Å². The van der Waals surface area contributed by atoms with Gasteiger partial charge in [-0.05, 0) is 69.3 Å². The molecular formula is C28H25N3O5. The van der Waals surface area contributed by atoms with Crippen LogP contribution in [0.15, 0.2) is 67.0 Å². The van der Waals surface area contributed by atoms with E-state index in [1.54, 1.807) is 32.3 Å². The van der Waals surface area contributed by atoms with Crippen molar-refractivity contribution in [1.29, 1.82) is 0 Å². The zero-order chi connectivity index (χ0) is 25.7. The second-order valence-electron chi connectivity index (χ2n) is 8.01. The molecule has 4 aromatic rings. The van der Waals surface area contributed by atoms with Crippen LogP contribution in [0.5, 0.6) is 0 Å². The highest BCUT2D eigenvalue weighted by Gasteiger charge is 2.18. The Kier molecular flexibility index (Phi) is 7.34. The molecule has 0 aliphatic heterocycles. The normalized spacial score (nSPS) is 10.6. The molecule has 1 N–H and O–H groups in total. The molecule has 1 amide bonds. The maximum Gasteiger partial charge on any atom is 0.338 e. The average molecular weight is 484 g/mol. The van der Waals surface area contributed by atoms with Crippen molar-refractivity contribution in [2.45, 2.75) is 20.8 Å². The van der Waals surface area contributed by atoms with Gasteiger partial charge in [0.25, 0.3) is 5.91 Å². The van der Waals surface area contributed by atoms with Crippen LogP contribution in [0.1, 0.15) is 50.5 Å². The number of hydrogen-bond donors (Lipinski definition) is 1. The summed E-state index contributed by atoms with van der Waals surface area (Å²) in [5.41, 5.74) is 3.99. The Morgan fingerprint density at radius 3 is 2.08 bits per heavy atom. The predicted octanol–water partition coefficient (Wildman–Crippen LogP) is 5.21. The Morgan fingerprint density at radius 2 is 1.47 bits per heavy atom. The van der Waals surface area contributed by atoms with Crippen LogP contribution in [0.2, 0.25) is 0 Å². The van der Waals surface area contributed by atoms with Crippen LogP contribution >= 0.6 is 0 Å². The van der Waals surface area contributed by atoms with Crippen molar-refractivity contribution in [2.75, 3.05) is 18.5 Å². The van der Waals surface area contributed by atoms with E-state index in [-0.39, 0.29) is 30.0 Å². The molecule has 182 valence electrons. The molecule has 0 saturated heterocycles. The van der Waals surface area contributed by atoms with E-state index in [0.717, 1.165) is 11.1 Å². The minimum atomic E-state index is -0.607. The van der Waals surface area contributed by atoms with Gasteiger partial charge in [-0.2, -0.15) is 0 Å². The first-order valence-corrected chi connectivity index (χ1v) is 11.5. The molecule has 0 saturated carbocycles. The van der Waals surface area contributed by atoms with Crippen molar-refractivity contribution in [3.05, 3.63) is 89.2 Å². The summed E-state index contributed by atoms with van der Waals surface area (Å²) in [6.45, 7) is 5.65. The third kappa shape index (κ3) is 5.38. The molecule has 4 rings (SSSR count). The molecule has 0 unspecified atom stereocenters. The SMILES string of the molecule is CCOC(=O)c1cc(NC(=O)c2cc(-c3ccncc3)nc3ccc(C)cc23)cc(C(=O)OCC)c1. The van der Waals surface area contributed by atoms with Gasteiger partial charge in [-0.25, -0.2) is 14.6 Å². The average Bonchev–Trinajstić information content (AvgIpc) is 2.88. The van der Waals surface area contributed by atoms with E-state index < -0.39 is 17.8 Å². The third-order valence-electron chi connectivity index (χ3n) is 5.40. The number of anilines is 1. The third-order valence-corrected chi connectivity index (χ3v) is 5.40. The van der Waals surface area contributed by atoms with E-state index in [0.29, 0.717) is 22.2 Å². The van der Waals surface area contributed by atoms with Gasteiger partial charge in [0.1, 0.15) is 0 Å². The van der Waals surface area contributed by atoms with Crippen molar-refractivity contribution >= 4 is 34.4 Å². The Balaban J connectivity index is 1.78. The smallest absolute Gasteiger partial charge is 0.338 e. The van der Waals surface area contributed by atoms with Crippen LogP contribution in [-0.2, 0) is 9.47 Å². The van der Waals surface area contributed by atoms with Crippen molar-refractivity contribution in [3.63, 3.8) is 0 Å². The molecule has 2 heterocycles. The van der Waals surface area contributed by atoms with Crippen LogP contribution in [-0.4, -0.2) is 41.0 Å². The highest BCUT2D eigenvalue weighted by molar-refractivity contribution is 6.13. The van der Waals surface area contributed by atoms with E-state index >= 15 is 0 Å². The van der Waals surface area contributed by atoms with Gasteiger partial charge in [0.05, 0.1) is 41.1 Å². The molecule has 0 aliphatic rings. The van der Waals surface area contributed by atoms with Gasteiger partial charge in [-0.15, -0.1) is 0 Å². The first-order chi connectivity index (χ1) is 17.4. The summed E-state index contributed by atoms with van der Waals surface area (Å²) in [5, 5.41) is 3.51. The number of nitrogens with zero attached hydrogens (tertiary/aromatic N) is 2. The second-order valence-corrected chi connectivity index (χ2v) is 8.01. The first kappa shape index (κ1) is 24.5. The highest BCUT2D eigenvalue weighted by atomic mass is 16.5. The topological polar surface area (TPSA) is 107 Å². The van der Waals surface area contributed by atoms with Crippen molar-refractivity contribution in [3.8, 4) is 11.3 Å². The summed E-state index contributed by atoms with van der Waals surface area (Å²) in [6.07, 6.45) is 3.32.